The molecule has 2 amide bonds. The van der Waals surface area contributed by atoms with Crippen LogP contribution in [0, 0.1) is 10.1 Å². The van der Waals surface area contributed by atoms with Crippen LogP contribution in [0.2, 0.25) is 0 Å². The van der Waals surface area contributed by atoms with Crippen LogP contribution in [0.4, 0.5) is 10.5 Å². The molecule has 1 aromatic carbocycles. The van der Waals surface area contributed by atoms with Gasteiger partial charge in [0.15, 0.2) is 0 Å². The molecule has 2 rings (SSSR count). The van der Waals surface area contributed by atoms with E-state index in [1.807, 2.05) is 0 Å². The molecule has 22 heavy (non-hydrogen) atoms. The van der Waals surface area contributed by atoms with Gasteiger partial charge in [-0.15, -0.1) is 0 Å². The highest BCUT2D eigenvalue weighted by Gasteiger charge is 2.32. The van der Waals surface area contributed by atoms with Crippen LogP contribution in [0.3, 0.4) is 0 Å². The van der Waals surface area contributed by atoms with Gasteiger partial charge in [-0.25, -0.2) is 9.59 Å². The van der Waals surface area contributed by atoms with Crippen molar-refractivity contribution in [2.24, 2.45) is 0 Å². The fourth-order valence-corrected chi connectivity index (χ4v) is 2.21. The number of nitrogens with zero attached hydrogens (tertiary/aromatic N) is 1. The highest BCUT2D eigenvalue weighted by atomic mass is 16.6. The molecule has 0 unspecified atom stereocenters. The summed E-state index contributed by atoms with van der Waals surface area (Å²) in [6.07, 6.45) is 0. The maximum Gasteiger partial charge on any atom is 0.338 e. The number of ether oxygens (including phenoxy) is 1. The van der Waals surface area contributed by atoms with Gasteiger partial charge in [0.2, 0.25) is 0 Å². The second-order valence-corrected chi connectivity index (χ2v) is 4.64. The minimum atomic E-state index is -0.714. The first-order valence-corrected chi connectivity index (χ1v) is 6.63. The molecule has 0 bridgehead atoms. The van der Waals surface area contributed by atoms with Crippen LogP contribution in [-0.2, 0) is 9.53 Å². The number of non-ortho nitro benzene ring substituents is 1. The van der Waals surface area contributed by atoms with Gasteiger partial charge in [-0.3, -0.25) is 10.1 Å². The Bertz CT molecular complexity index is 651. The first kappa shape index (κ1) is 15.5. The van der Waals surface area contributed by atoms with E-state index < -0.39 is 23.0 Å². The number of urea groups is 1. The highest BCUT2D eigenvalue weighted by molar-refractivity contribution is 5.95. The summed E-state index contributed by atoms with van der Waals surface area (Å²) in [4.78, 5) is 33.9. The van der Waals surface area contributed by atoms with Gasteiger partial charge < -0.3 is 15.4 Å². The van der Waals surface area contributed by atoms with Gasteiger partial charge in [0, 0.05) is 17.8 Å². The number of carbonyl (C=O) groups is 2. The molecule has 1 aliphatic heterocycles. The van der Waals surface area contributed by atoms with Crippen molar-refractivity contribution in [1.29, 1.82) is 0 Å². The van der Waals surface area contributed by atoms with Crippen molar-refractivity contribution in [1.82, 2.24) is 10.6 Å². The van der Waals surface area contributed by atoms with Gasteiger partial charge in [0.05, 0.1) is 23.1 Å². The summed E-state index contributed by atoms with van der Waals surface area (Å²) < 4.78 is 5.00. The van der Waals surface area contributed by atoms with E-state index in [1.165, 1.54) is 24.3 Å². The molecule has 0 saturated carbocycles. The van der Waals surface area contributed by atoms with Crippen molar-refractivity contribution in [3.8, 4) is 0 Å². The Labute approximate surface area is 126 Å². The summed E-state index contributed by atoms with van der Waals surface area (Å²) in [5, 5.41) is 15.8. The fraction of sp³-hybridized carbons (Fsp3) is 0.286. The Morgan fingerprint density at radius 2 is 2.00 bits per heavy atom. The second kappa shape index (κ2) is 6.25. The third-order valence-corrected chi connectivity index (χ3v) is 3.20. The molecule has 0 spiro atoms. The second-order valence-electron chi connectivity index (χ2n) is 4.64. The van der Waals surface area contributed by atoms with Crippen LogP contribution < -0.4 is 10.6 Å². The van der Waals surface area contributed by atoms with Crippen LogP contribution in [0.5, 0.6) is 0 Å². The first-order valence-electron chi connectivity index (χ1n) is 6.63. The zero-order chi connectivity index (χ0) is 16.3. The average molecular weight is 305 g/mol. The molecule has 0 saturated heterocycles. The maximum absolute atomic E-state index is 12.1. The predicted octanol–water partition coefficient (Wildman–Crippen LogP) is 1.79. The lowest BCUT2D eigenvalue weighted by atomic mass is 9.95. The van der Waals surface area contributed by atoms with Gasteiger partial charge >= 0.3 is 12.0 Å². The fourth-order valence-electron chi connectivity index (χ4n) is 2.21. The monoisotopic (exact) mass is 305 g/mol. The van der Waals surface area contributed by atoms with Crippen LogP contribution in [0.15, 0.2) is 35.5 Å². The lowest BCUT2D eigenvalue weighted by Crippen LogP contribution is -2.45. The molecule has 2 N–H and O–H groups in total. The summed E-state index contributed by atoms with van der Waals surface area (Å²) >= 11 is 0. The molecule has 1 heterocycles. The van der Waals surface area contributed by atoms with E-state index in [0.29, 0.717) is 11.3 Å². The topological polar surface area (TPSA) is 111 Å². The van der Waals surface area contributed by atoms with Gasteiger partial charge in [-0.05, 0) is 31.5 Å². The van der Waals surface area contributed by atoms with Crippen molar-refractivity contribution in [2.75, 3.05) is 6.61 Å². The maximum atomic E-state index is 12.1. The molecule has 1 aromatic rings. The molecule has 0 aliphatic carbocycles. The number of allylic oxidation sites excluding steroid dienone is 1. The van der Waals surface area contributed by atoms with E-state index in [-0.39, 0.29) is 17.9 Å². The van der Waals surface area contributed by atoms with E-state index in [4.69, 9.17) is 4.74 Å². The van der Waals surface area contributed by atoms with Gasteiger partial charge in [0.1, 0.15) is 0 Å². The number of hydrogen-bond donors (Lipinski definition) is 2. The summed E-state index contributed by atoms with van der Waals surface area (Å²) in [6.45, 7) is 3.49. The third kappa shape index (κ3) is 3.05. The lowest BCUT2D eigenvalue weighted by molar-refractivity contribution is -0.384. The van der Waals surface area contributed by atoms with E-state index >= 15 is 0 Å². The zero-order valence-electron chi connectivity index (χ0n) is 12.1. The van der Waals surface area contributed by atoms with Crippen LogP contribution in [-0.4, -0.2) is 23.5 Å². The van der Waals surface area contributed by atoms with Gasteiger partial charge in [-0.2, -0.15) is 0 Å². The van der Waals surface area contributed by atoms with Crippen LogP contribution >= 0.6 is 0 Å². The zero-order valence-corrected chi connectivity index (χ0v) is 12.1. The Balaban J connectivity index is 2.40. The molecular weight excluding hydrogens is 290 g/mol. The molecule has 1 atom stereocenters. The first-order chi connectivity index (χ1) is 10.4. The summed E-state index contributed by atoms with van der Waals surface area (Å²) in [6, 6.07) is 4.48. The largest absolute Gasteiger partial charge is 0.463 e. The van der Waals surface area contributed by atoms with Gasteiger partial charge in [-0.1, -0.05) is 0 Å². The Hall–Kier alpha value is -2.90. The van der Waals surface area contributed by atoms with E-state index in [2.05, 4.69) is 10.6 Å². The molecular formula is C14H15N3O5. The standard InChI is InChI=1S/C14H15N3O5/c1-3-22-13(18)11-8(2)15-14(19)16-12(11)9-4-6-10(7-5-9)17(20)21/h4-7,12H,3H2,1-2H3,(H2,15,16,19)/t12-/m1/s1. The Morgan fingerprint density at radius 1 is 1.36 bits per heavy atom. The third-order valence-electron chi connectivity index (χ3n) is 3.20. The minimum absolute atomic E-state index is 0.0672. The van der Waals surface area contributed by atoms with E-state index in [9.17, 15) is 19.7 Å². The number of rotatable bonds is 4. The summed E-state index contributed by atoms with van der Waals surface area (Å²) in [5.74, 6) is -0.546. The van der Waals surface area contributed by atoms with Crippen molar-refractivity contribution in [3.05, 3.63) is 51.2 Å². The lowest BCUT2D eigenvalue weighted by Gasteiger charge is -2.28. The Morgan fingerprint density at radius 3 is 2.55 bits per heavy atom. The predicted molar refractivity (Wildman–Crippen MR) is 76.8 cm³/mol. The average Bonchev–Trinajstić information content (AvgIpc) is 2.46. The van der Waals surface area contributed by atoms with E-state index in [1.54, 1.807) is 13.8 Å². The molecule has 0 aromatic heterocycles. The number of esters is 1. The highest BCUT2D eigenvalue weighted by Crippen LogP contribution is 2.28. The summed E-state index contributed by atoms with van der Waals surface area (Å²) in [5.41, 5.74) is 1.16. The minimum Gasteiger partial charge on any atom is -0.463 e. The normalized spacial score (nSPS) is 17.5. The number of benzene rings is 1. The number of hydrogen-bond acceptors (Lipinski definition) is 5. The van der Waals surface area contributed by atoms with Crippen molar-refractivity contribution in [3.63, 3.8) is 0 Å². The number of carbonyl (C=O) groups excluding carboxylic acids is 2. The summed E-state index contributed by atoms with van der Waals surface area (Å²) in [7, 11) is 0. The molecule has 116 valence electrons. The number of nitrogens with one attached hydrogen (secondary N) is 2. The number of nitro groups is 1. The van der Waals surface area contributed by atoms with Crippen molar-refractivity contribution >= 4 is 17.7 Å². The quantitative estimate of drug-likeness (QED) is 0.500. The number of amides is 2. The molecule has 1 aliphatic rings. The Kier molecular flexibility index (Phi) is 4.40. The molecule has 0 radical (unpaired) electrons. The number of nitro benzene ring substituents is 1. The van der Waals surface area contributed by atoms with Crippen molar-refractivity contribution in [2.45, 2.75) is 19.9 Å². The van der Waals surface area contributed by atoms with Gasteiger partial charge in [0.25, 0.3) is 5.69 Å². The van der Waals surface area contributed by atoms with Crippen LogP contribution in [0.1, 0.15) is 25.5 Å². The smallest absolute Gasteiger partial charge is 0.338 e. The molecule has 0 fully saturated rings. The van der Waals surface area contributed by atoms with E-state index in [0.717, 1.165) is 0 Å². The molecule has 8 heteroatoms. The molecule has 8 nitrogen and oxygen atoms in total. The van der Waals surface area contributed by atoms with Crippen LogP contribution in [0.25, 0.3) is 0 Å². The SMILES string of the molecule is CCOC(=O)C1=C(C)NC(=O)N[C@@H]1c1ccc([N+](=O)[O-])cc1. The van der Waals surface area contributed by atoms with Crippen molar-refractivity contribution < 1.29 is 19.2 Å².